The molecule has 0 N–H and O–H groups in total. The van der Waals surface area contributed by atoms with Crippen molar-refractivity contribution in [3.05, 3.63) is 88.5 Å². The number of benzene rings is 3. The fraction of sp³-hybridized carbons (Fsp3) is 0.250. The van der Waals surface area contributed by atoms with Crippen LogP contribution in [0.2, 0.25) is 0 Å². The van der Waals surface area contributed by atoms with Gasteiger partial charge in [0.1, 0.15) is 0 Å². The molecule has 1 aliphatic rings. The third-order valence-corrected chi connectivity index (χ3v) is 7.40. The van der Waals surface area contributed by atoms with Gasteiger partial charge in [0.05, 0.1) is 32.6 Å². The summed E-state index contributed by atoms with van der Waals surface area (Å²) in [6.07, 6.45) is 4.33. The lowest BCUT2D eigenvalue weighted by molar-refractivity contribution is -0.126. The van der Waals surface area contributed by atoms with Crippen molar-refractivity contribution < 1.29 is 23.8 Å². The van der Waals surface area contributed by atoms with Gasteiger partial charge in [-0.15, -0.1) is 0 Å². The fourth-order valence-electron chi connectivity index (χ4n) is 5.32. The molecule has 5 rings (SSSR count). The smallest absolute Gasteiger partial charge is 0.337 e. The molecule has 0 atom stereocenters. The molecule has 0 saturated carbocycles. The third-order valence-electron chi connectivity index (χ3n) is 7.40. The number of rotatable bonds is 6. The molecule has 1 amide bonds. The normalized spacial score (nSPS) is 13.0. The first-order chi connectivity index (χ1) is 18.8. The molecule has 200 valence electrons. The molecule has 0 fully saturated rings. The second kappa shape index (κ2) is 10.7. The van der Waals surface area contributed by atoms with Gasteiger partial charge in [-0.05, 0) is 72.5 Å². The Bertz CT molecular complexity index is 1600. The summed E-state index contributed by atoms with van der Waals surface area (Å²) in [4.78, 5) is 27.2. The molecule has 2 heterocycles. The van der Waals surface area contributed by atoms with Crippen molar-refractivity contribution in [3.8, 4) is 22.8 Å². The van der Waals surface area contributed by atoms with Crippen LogP contribution >= 0.6 is 0 Å². The van der Waals surface area contributed by atoms with Crippen LogP contribution in [0, 0.1) is 6.92 Å². The van der Waals surface area contributed by atoms with E-state index in [1.54, 1.807) is 32.4 Å². The molecule has 0 bridgehead atoms. The van der Waals surface area contributed by atoms with Crippen molar-refractivity contribution in [2.75, 3.05) is 27.9 Å². The SMILES string of the molecule is COC(=O)c1ccc(-c2c(C=CC(=O)N3CCc4cc(OC)c(OC)cc4C3)c3cc(C)ccc3n2C)cc1. The summed E-state index contributed by atoms with van der Waals surface area (Å²) in [5.41, 5.74) is 7.79. The molecule has 1 aromatic heterocycles. The minimum atomic E-state index is -0.376. The average molecular weight is 525 g/mol. The van der Waals surface area contributed by atoms with E-state index in [4.69, 9.17) is 14.2 Å². The average Bonchev–Trinajstić information content (AvgIpc) is 3.24. The Labute approximate surface area is 228 Å². The maximum absolute atomic E-state index is 13.4. The van der Waals surface area contributed by atoms with Crippen molar-refractivity contribution in [2.24, 2.45) is 7.05 Å². The van der Waals surface area contributed by atoms with E-state index in [9.17, 15) is 9.59 Å². The van der Waals surface area contributed by atoms with Crippen LogP contribution in [0.3, 0.4) is 0 Å². The zero-order valence-corrected chi connectivity index (χ0v) is 22.9. The summed E-state index contributed by atoms with van der Waals surface area (Å²) in [5.74, 6) is 0.940. The minimum absolute atomic E-state index is 0.0490. The molecule has 1 aliphatic heterocycles. The molecule has 7 heteroatoms. The number of amides is 1. The van der Waals surface area contributed by atoms with Crippen LogP contribution in [0.5, 0.6) is 11.5 Å². The van der Waals surface area contributed by atoms with Crippen molar-refractivity contribution >= 4 is 28.9 Å². The van der Waals surface area contributed by atoms with Crippen LogP contribution in [0.4, 0.5) is 0 Å². The molecule has 4 aromatic rings. The number of ether oxygens (including phenoxy) is 3. The minimum Gasteiger partial charge on any atom is -0.493 e. The van der Waals surface area contributed by atoms with Gasteiger partial charge in [0.2, 0.25) is 5.91 Å². The van der Waals surface area contributed by atoms with Gasteiger partial charge in [0, 0.05) is 42.7 Å². The molecular weight excluding hydrogens is 492 g/mol. The number of hydrogen-bond donors (Lipinski definition) is 0. The van der Waals surface area contributed by atoms with Crippen LogP contribution in [0.15, 0.2) is 60.7 Å². The number of nitrogens with zero attached hydrogens (tertiary/aromatic N) is 2. The first kappa shape index (κ1) is 26.1. The van der Waals surface area contributed by atoms with Gasteiger partial charge < -0.3 is 23.7 Å². The highest BCUT2D eigenvalue weighted by Crippen LogP contribution is 2.36. The summed E-state index contributed by atoms with van der Waals surface area (Å²) in [6, 6.07) is 17.6. The van der Waals surface area contributed by atoms with Crippen molar-refractivity contribution in [3.63, 3.8) is 0 Å². The molecule has 7 nitrogen and oxygen atoms in total. The lowest BCUT2D eigenvalue weighted by Crippen LogP contribution is -2.34. The second-order valence-electron chi connectivity index (χ2n) is 9.73. The van der Waals surface area contributed by atoms with E-state index in [1.165, 1.54) is 12.7 Å². The third kappa shape index (κ3) is 4.88. The number of aryl methyl sites for hydroxylation is 2. The highest BCUT2D eigenvalue weighted by molar-refractivity contribution is 6.02. The number of esters is 1. The maximum atomic E-state index is 13.4. The monoisotopic (exact) mass is 524 g/mol. The summed E-state index contributed by atoms with van der Waals surface area (Å²) in [5, 5.41) is 1.06. The lowest BCUT2D eigenvalue weighted by atomic mass is 9.98. The van der Waals surface area contributed by atoms with Gasteiger partial charge in [-0.1, -0.05) is 23.8 Å². The van der Waals surface area contributed by atoms with E-state index in [-0.39, 0.29) is 11.9 Å². The predicted molar refractivity (Wildman–Crippen MR) is 152 cm³/mol. The molecule has 0 radical (unpaired) electrons. The first-order valence-corrected chi connectivity index (χ1v) is 12.8. The van der Waals surface area contributed by atoms with E-state index in [0.29, 0.717) is 30.2 Å². The topological polar surface area (TPSA) is 70.0 Å². The summed E-state index contributed by atoms with van der Waals surface area (Å²) < 4.78 is 17.9. The van der Waals surface area contributed by atoms with Crippen LogP contribution in [0.1, 0.15) is 32.6 Å². The Morgan fingerprint density at radius 3 is 2.26 bits per heavy atom. The van der Waals surface area contributed by atoms with E-state index >= 15 is 0 Å². The number of hydrogen-bond acceptors (Lipinski definition) is 5. The van der Waals surface area contributed by atoms with Crippen LogP contribution in [-0.4, -0.2) is 49.2 Å². The molecule has 3 aromatic carbocycles. The van der Waals surface area contributed by atoms with Gasteiger partial charge in [-0.3, -0.25) is 4.79 Å². The highest BCUT2D eigenvalue weighted by atomic mass is 16.5. The number of aromatic nitrogens is 1. The molecule has 0 saturated heterocycles. The van der Waals surface area contributed by atoms with Crippen LogP contribution < -0.4 is 9.47 Å². The molecule has 39 heavy (non-hydrogen) atoms. The molecule has 0 spiro atoms. The van der Waals surface area contributed by atoms with E-state index in [1.807, 2.05) is 42.3 Å². The Morgan fingerprint density at radius 2 is 1.59 bits per heavy atom. The summed E-state index contributed by atoms with van der Waals surface area (Å²) >= 11 is 0. The summed E-state index contributed by atoms with van der Waals surface area (Å²) in [6.45, 7) is 3.20. The van der Waals surface area contributed by atoms with Crippen molar-refractivity contribution in [1.29, 1.82) is 0 Å². The summed E-state index contributed by atoms with van der Waals surface area (Å²) in [7, 11) is 6.63. The van der Waals surface area contributed by atoms with E-state index in [2.05, 4.69) is 29.7 Å². The number of carbonyl (C=O) groups is 2. The van der Waals surface area contributed by atoms with E-state index in [0.717, 1.165) is 45.3 Å². The largest absolute Gasteiger partial charge is 0.493 e. The zero-order valence-electron chi connectivity index (χ0n) is 22.9. The Hall–Kier alpha value is -4.52. The van der Waals surface area contributed by atoms with Gasteiger partial charge in [0.15, 0.2) is 11.5 Å². The van der Waals surface area contributed by atoms with E-state index < -0.39 is 0 Å². The lowest BCUT2D eigenvalue weighted by Gasteiger charge is -2.28. The van der Waals surface area contributed by atoms with Crippen molar-refractivity contribution in [1.82, 2.24) is 9.47 Å². The molecule has 0 unspecified atom stereocenters. The molecule has 0 aliphatic carbocycles. The maximum Gasteiger partial charge on any atom is 0.337 e. The predicted octanol–water partition coefficient (Wildman–Crippen LogP) is 5.56. The zero-order chi connectivity index (χ0) is 27.7. The standard InChI is InChI=1S/C32H32N2O5/c1-20-6-12-27-26(16-20)25(31(33(27)2)21-7-9-22(10-8-21)32(36)39-5)11-13-30(35)34-15-14-23-17-28(37-3)29(38-4)18-24(23)19-34/h6-13,16-18H,14-15,19H2,1-5H3. The Kier molecular flexibility index (Phi) is 7.15. The van der Waals surface area contributed by atoms with Crippen LogP contribution in [-0.2, 0) is 29.5 Å². The first-order valence-electron chi connectivity index (χ1n) is 12.8. The Balaban J connectivity index is 1.49. The number of carbonyl (C=O) groups excluding carboxylic acids is 2. The highest BCUT2D eigenvalue weighted by Gasteiger charge is 2.22. The van der Waals surface area contributed by atoms with Crippen molar-refractivity contribution in [2.45, 2.75) is 19.9 Å². The van der Waals surface area contributed by atoms with Gasteiger partial charge in [-0.25, -0.2) is 4.79 Å². The number of fused-ring (bicyclic) bond motifs is 2. The second-order valence-corrected chi connectivity index (χ2v) is 9.73. The number of methoxy groups -OCH3 is 3. The quantitative estimate of drug-likeness (QED) is 0.244. The van der Waals surface area contributed by atoms with Gasteiger partial charge >= 0.3 is 5.97 Å². The Morgan fingerprint density at radius 1 is 0.897 bits per heavy atom. The fourth-order valence-corrected chi connectivity index (χ4v) is 5.32. The van der Waals surface area contributed by atoms with Gasteiger partial charge in [0.25, 0.3) is 0 Å². The van der Waals surface area contributed by atoms with Gasteiger partial charge in [-0.2, -0.15) is 0 Å². The molecular formula is C32H32N2O5. The van der Waals surface area contributed by atoms with Crippen LogP contribution in [0.25, 0.3) is 28.2 Å².